The zero-order chi connectivity index (χ0) is 29.9. The molecule has 1 aliphatic heterocycles. The lowest BCUT2D eigenvalue weighted by atomic mass is 9.98. The maximum atomic E-state index is 14.2. The number of amides is 2. The molecule has 4 rings (SSSR count). The third-order valence-corrected chi connectivity index (χ3v) is 12.8. The first-order valence-electron chi connectivity index (χ1n) is 14.3. The van der Waals surface area contributed by atoms with Crippen LogP contribution in [0.2, 0.25) is 18.1 Å². The van der Waals surface area contributed by atoms with Crippen molar-refractivity contribution in [3.05, 3.63) is 83.6 Å². The maximum absolute atomic E-state index is 14.2. The molecule has 0 saturated carbocycles. The molecule has 3 aromatic rings. The van der Waals surface area contributed by atoms with Crippen LogP contribution in [0.4, 0.5) is 4.79 Å². The van der Waals surface area contributed by atoms with Crippen LogP contribution in [0.5, 0.6) is 0 Å². The summed E-state index contributed by atoms with van der Waals surface area (Å²) in [5.74, 6) is -1.04. The first-order chi connectivity index (χ1) is 19.3. The molecule has 2 heterocycles. The second-order valence-corrected chi connectivity index (χ2v) is 17.2. The van der Waals surface area contributed by atoms with Gasteiger partial charge >= 0.3 is 6.09 Å². The van der Waals surface area contributed by atoms with Crippen molar-refractivity contribution in [2.24, 2.45) is 5.92 Å². The zero-order valence-corrected chi connectivity index (χ0v) is 26.1. The van der Waals surface area contributed by atoms with E-state index >= 15 is 0 Å². The molecule has 218 valence electrons. The van der Waals surface area contributed by atoms with Gasteiger partial charge in [-0.3, -0.25) is 9.78 Å². The number of carbonyl (C=O) groups excluding carboxylic acids is 2. The molecule has 1 aliphatic rings. The van der Waals surface area contributed by atoms with Gasteiger partial charge in [0, 0.05) is 5.39 Å². The van der Waals surface area contributed by atoms with E-state index in [1.807, 2.05) is 79.7 Å². The van der Waals surface area contributed by atoms with Crippen molar-refractivity contribution in [1.82, 2.24) is 9.88 Å². The van der Waals surface area contributed by atoms with E-state index in [9.17, 15) is 14.7 Å². The second kappa shape index (κ2) is 12.3. The Morgan fingerprint density at radius 3 is 2.49 bits per heavy atom. The minimum Gasteiger partial charge on any atom is -0.447 e. The Morgan fingerprint density at radius 2 is 1.83 bits per heavy atom. The fourth-order valence-electron chi connectivity index (χ4n) is 4.78. The van der Waals surface area contributed by atoms with Crippen LogP contribution in [-0.4, -0.2) is 54.1 Å². The molecule has 2 aromatic carbocycles. The van der Waals surface area contributed by atoms with E-state index in [0.717, 1.165) is 22.0 Å². The van der Waals surface area contributed by atoms with Gasteiger partial charge in [-0.15, -0.1) is 0 Å². The van der Waals surface area contributed by atoms with Crippen LogP contribution in [0.25, 0.3) is 17.0 Å². The van der Waals surface area contributed by atoms with Crippen molar-refractivity contribution in [2.75, 3.05) is 6.61 Å². The number of nitrogens with zero attached hydrogens (tertiary/aromatic N) is 2. The molecule has 7 nitrogen and oxygen atoms in total. The lowest BCUT2D eigenvalue weighted by Crippen LogP contribution is -2.50. The zero-order valence-electron chi connectivity index (χ0n) is 25.1. The van der Waals surface area contributed by atoms with Gasteiger partial charge in [0.2, 0.25) is 5.91 Å². The summed E-state index contributed by atoms with van der Waals surface area (Å²) in [6.45, 7) is 14.6. The summed E-state index contributed by atoms with van der Waals surface area (Å²) in [7, 11) is -2.23. The number of pyridine rings is 1. The third kappa shape index (κ3) is 7.12. The summed E-state index contributed by atoms with van der Waals surface area (Å²) >= 11 is 0. The topological polar surface area (TPSA) is 89.0 Å². The second-order valence-electron chi connectivity index (χ2n) is 12.5. The monoisotopic (exact) mass is 574 g/mol. The van der Waals surface area contributed by atoms with E-state index < -0.39 is 38.6 Å². The van der Waals surface area contributed by atoms with Crippen molar-refractivity contribution in [3.63, 3.8) is 0 Å². The van der Waals surface area contributed by atoms with E-state index in [1.54, 1.807) is 6.92 Å². The minimum absolute atomic E-state index is 0.0491. The van der Waals surface area contributed by atoms with Gasteiger partial charge in [-0.2, -0.15) is 0 Å². The number of hydrogen-bond acceptors (Lipinski definition) is 6. The van der Waals surface area contributed by atoms with E-state index in [-0.39, 0.29) is 17.6 Å². The molecule has 8 heteroatoms. The van der Waals surface area contributed by atoms with Gasteiger partial charge in [0.15, 0.2) is 8.32 Å². The Kier molecular flexibility index (Phi) is 9.16. The Balaban J connectivity index is 1.67. The highest BCUT2D eigenvalue weighted by Gasteiger charge is 2.44. The number of aromatic nitrogens is 1. The number of benzene rings is 2. The van der Waals surface area contributed by atoms with Crippen LogP contribution >= 0.6 is 0 Å². The summed E-state index contributed by atoms with van der Waals surface area (Å²) < 4.78 is 12.1. The van der Waals surface area contributed by atoms with Gasteiger partial charge in [0.05, 0.1) is 35.4 Å². The average molecular weight is 575 g/mol. The average Bonchev–Trinajstić information content (AvgIpc) is 3.27. The lowest BCUT2D eigenvalue weighted by Gasteiger charge is -2.40. The Hall–Kier alpha value is -3.33. The molecule has 1 saturated heterocycles. The molecule has 4 atom stereocenters. The Morgan fingerprint density at radius 1 is 1.15 bits per heavy atom. The fourth-order valence-corrected chi connectivity index (χ4v) is 6.21. The highest BCUT2D eigenvalue weighted by molar-refractivity contribution is 6.74. The molecular formula is C33H42N2O5Si. The highest BCUT2D eigenvalue weighted by atomic mass is 28.4. The van der Waals surface area contributed by atoms with Gasteiger partial charge < -0.3 is 14.3 Å². The van der Waals surface area contributed by atoms with Crippen LogP contribution in [0, 0.1) is 5.92 Å². The largest absolute Gasteiger partial charge is 0.447 e. The number of aliphatic hydroxyl groups excluding tert-OH is 1. The summed E-state index contributed by atoms with van der Waals surface area (Å²) in [5.41, 5.74) is 3.24. The van der Waals surface area contributed by atoms with Gasteiger partial charge in [-0.25, -0.2) is 9.69 Å². The number of cyclic esters (lactones) is 1. The van der Waals surface area contributed by atoms with Crippen molar-refractivity contribution >= 4 is 37.3 Å². The first kappa shape index (κ1) is 30.6. The standard InChI is InChI=1S/C33H42N2O5Si/c1-22(36)29-18-16-26-15-13-25(20-30(26)34-29)14-17-28(23(2)40-41(6,7)33(3,4)5)31(37)35-27(21-39-32(35)38)19-24-11-9-8-10-12-24/h8-18,20,22-23,27-28,36H,19,21H2,1-7H3/b17-14+/t22-,23?,27-,28-/m1/s1. The van der Waals surface area contributed by atoms with E-state index in [0.29, 0.717) is 12.1 Å². The Bertz CT molecular complexity index is 1410. The van der Waals surface area contributed by atoms with Crippen LogP contribution in [0.3, 0.4) is 0 Å². The molecule has 0 radical (unpaired) electrons. The number of hydrogen-bond donors (Lipinski definition) is 1. The van der Waals surface area contributed by atoms with E-state index in [2.05, 4.69) is 38.8 Å². The quantitative estimate of drug-likeness (QED) is 0.279. The van der Waals surface area contributed by atoms with Gasteiger partial charge in [-0.1, -0.05) is 81.5 Å². The lowest BCUT2D eigenvalue weighted by molar-refractivity contribution is -0.134. The third-order valence-electron chi connectivity index (χ3n) is 8.25. The molecule has 1 N–H and O–H groups in total. The molecule has 1 aromatic heterocycles. The predicted octanol–water partition coefficient (Wildman–Crippen LogP) is 6.92. The Labute approximate surface area is 244 Å². The van der Waals surface area contributed by atoms with Crippen molar-refractivity contribution in [1.29, 1.82) is 0 Å². The van der Waals surface area contributed by atoms with E-state index in [1.165, 1.54) is 4.90 Å². The van der Waals surface area contributed by atoms with Gasteiger partial charge in [0.1, 0.15) is 6.61 Å². The normalized spacial score (nSPS) is 18.5. The smallest absolute Gasteiger partial charge is 0.417 e. The molecule has 2 amide bonds. The van der Waals surface area contributed by atoms with Crippen molar-refractivity contribution in [3.8, 4) is 0 Å². The van der Waals surface area contributed by atoms with Crippen LogP contribution in [0.15, 0.2) is 66.7 Å². The molecule has 0 aliphatic carbocycles. The number of fused-ring (bicyclic) bond motifs is 1. The van der Waals surface area contributed by atoms with E-state index in [4.69, 9.17) is 9.16 Å². The summed E-state index contributed by atoms with van der Waals surface area (Å²) in [6, 6.07) is 19.0. The summed E-state index contributed by atoms with van der Waals surface area (Å²) in [4.78, 5) is 32.9. The SMILES string of the molecule is CC(O[Si](C)(C)C(C)(C)C)[C@@H](/C=C/c1ccc2ccc([C@@H](C)O)nc2c1)C(=O)N1C(=O)OC[C@H]1Cc1ccccc1. The molecule has 0 spiro atoms. The minimum atomic E-state index is -2.23. The first-order valence-corrected chi connectivity index (χ1v) is 17.2. The predicted molar refractivity (Wildman–Crippen MR) is 165 cm³/mol. The summed E-state index contributed by atoms with van der Waals surface area (Å²) in [6.07, 6.45) is 2.50. The van der Waals surface area contributed by atoms with Crippen LogP contribution in [-0.2, 0) is 20.4 Å². The van der Waals surface area contributed by atoms with Gasteiger partial charge in [0.25, 0.3) is 0 Å². The molecule has 1 fully saturated rings. The van der Waals surface area contributed by atoms with Crippen LogP contribution in [0.1, 0.15) is 57.5 Å². The highest BCUT2D eigenvalue weighted by Crippen LogP contribution is 2.38. The van der Waals surface area contributed by atoms with Crippen molar-refractivity contribution < 1.29 is 23.9 Å². The number of aliphatic hydroxyl groups is 1. The summed E-state index contributed by atoms with van der Waals surface area (Å²) in [5, 5.41) is 10.9. The molecule has 41 heavy (non-hydrogen) atoms. The van der Waals surface area contributed by atoms with Gasteiger partial charge in [-0.05, 0) is 61.7 Å². The molecule has 1 unspecified atom stereocenters. The van der Waals surface area contributed by atoms with Crippen LogP contribution < -0.4 is 0 Å². The molecular weight excluding hydrogens is 532 g/mol. The number of imide groups is 1. The maximum Gasteiger partial charge on any atom is 0.417 e. The number of ether oxygens (including phenoxy) is 1. The van der Waals surface area contributed by atoms with Crippen molar-refractivity contribution in [2.45, 2.75) is 77.4 Å². The number of carbonyl (C=O) groups is 2. The molecule has 0 bridgehead atoms. The fraction of sp³-hybridized carbons (Fsp3) is 0.424. The number of rotatable bonds is 9.